The Labute approximate surface area is 161 Å². The van der Waals surface area contributed by atoms with Crippen LogP contribution in [0.3, 0.4) is 0 Å². The van der Waals surface area contributed by atoms with Crippen molar-refractivity contribution >= 4 is 33.3 Å². The largest absolute Gasteiger partial charge is 0.338 e. The predicted octanol–water partition coefficient (Wildman–Crippen LogP) is 4.69. The Bertz CT molecular complexity index is 1310. The summed E-state index contributed by atoms with van der Waals surface area (Å²) in [6.07, 6.45) is 7.12. The van der Waals surface area contributed by atoms with Crippen LogP contribution in [0.1, 0.15) is 5.69 Å². The van der Waals surface area contributed by atoms with Gasteiger partial charge in [0.1, 0.15) is 11.3 Å². The van der Waals surface area contributed by atoms with E-state index >= 15 is 0 Å². The maximum Gasteiger partial charge on any atom is 0.138 e. The highest BCUT2D eigenvalue weighted by Crippen LogP contribution is 2.30. The van der Waals surface area contributed by atoms with Crippen LogP contribution in [0.25, 0.3) is 33.2 Å². The first kappa shape index (κ1) is 16.3. The first-order chi connectivity index (χ1) is 13.8. The smallest absolute Gasteiger partial charge is 0.138 e. The lowest BCUT2D eigenvalue weighted by molar-refractivity contribution is 1.18. The van der Waals surface area contributed by atoms with E-state index in [0.29, 0.717) is 0 Å². The van der Waals surface area contributed by atoms with Crippen LogP contribution in [0.4, 0.5) is 11.5 Å². The molecule has 5 aromatic rings. The molecule has 0 aromatic carbocycles. The van der Waals surface area contributed by atoms with Crippen LogP contribution in [-0.2, 0) is 0 Å². The van der Waals surface area contributed by atoms with E-state index < -0.39 is 0 Å². The molecule has 134 valence electrons. The first-order valence-corrected chi connectivity index (χ1v) is 8.93. The lowest BCUT2D eigenvalue weighted by Crippen LogP contribution is -1.99. The molecule has 28 heavy (non-hydrogen) atoms. The zero-order chi connectivity index (χ0) is 18.9. The maximum atomic E-state index is 4.76. The number of hydrogen-bond donors (Lipinski definition) is 1. The Balaban J connectivity index is 1.70. The van der Waals surface area contributed by atoms with Crippen LogP contribution in [0.2, 0.25) is 0 Å². The monoisotopic (exact) mass is 364 g/mol. The molecule has 5 aromatic heterocycles. The lowest BCUT2D eigenvalue weighted by Gasteiger charge is -2.12. The van der Waals surface area contributed by atoms with Gasteiger partial charge in [0.05, 0.1) is 22.6 Å². The van der Waals surface area contributed by atoms with Gasteiger partial charge in [-0.3, -0.25) is 15.0 Å². The third-order valence-corrected chi connectivity index (χ3v) is 4.53. The molecule has 5 heterocycles. The number of nitrogens with one attached hydrogen (secondary N) is 1. The Morgan fingerprint density at radius 3 is 2.71 bits per heavy atom. The fourth-order valence-electron chi connectivity index (χ4n) is 3.22. The normalized spacial score (nSPS) is 11.0. The Morgan fingerprint density at radius 1 is 0.821 bits per heavy atom. The van der Waals surface area contributed by atoms with Gasteiger partial charge in [0.25, 0.3) is 0 Å². The quantitative estimate of drug-likeness (QED) is 0.501. The van der Waals surface area contributed by atoms with Crippen molar-refractivity contribution in [2.75, 3.05) is 5.32 Å². The number of anilines is 2. The molecule has 6 nitrogen and oxygen atoms in total. The van der Waals surface area contributed by atoms with E-state index in [4.69, 9.17) is 4.98 Å². The molecule has 0 aliphatic rings. The fraction of sp³-hybridized carbons (Fsp3) is 0.0455. The zero-order valence-electron chi connectivity index (χ0n) is 15.2. The SMILES string of the molecule is Cc1cccc(-c2cc(Nc3nccc4cnccc34)c3ncccc3n2)n1. The number of pyridine rings is 5. The zero-order valence-corrected chi connectivity index (χ0v) is 15.2. The van der Waals surface area contributed by atoms with Gasteiger partial charge in [-0.25, -0.2) is 9.97 Å². The summed E-state index contributed by atoms with van der Waals surface area (Å²) in [5.41, 5.74) is 4.97. The minimum absolute atomic E-state index is 0.751. The Morgan fingerprint density at radius 2 is 1.79 bits per heavy atom. The molecule has 0 unspecified atom stereocenters. The van der Waals surface area contributed by atoms with Gasteiger partial charge in [0, 0.05) is 41.3 Å². The second-order valence-corrected chi connectivity index (χ2v) is 6.47. The molecule has 0 fully saturated rings. The number of hydrogen-bond acceptors (Lipinski definition) is 6. The molecule has 0 saturated carbocycles. The molecule has 0 bridgehead atoms. The summed E-state index contributed by atoms with van der Waals surface area (Å²) in [7, 11) is 0. The van der Waals surface area contributed by atoms with Gasteiger partial charge in [-0.1, -0.05) is 6.07 Å². The average Bonchev–Trinajstić information content (AvgIpc) is 2.74. The molecule has 0 aliphatic heterocycles. The third-order valence-electron chi connectivity index (χ3n) is 4.53. The molecule has 5 rings (SSSR count). The molecule has 0 amide bonds. The number of aryl methyl sites for hydroxylation is 1. The van der Waals surface area contributed by atoms with Gasteiger partial charge in [-0.2, -0.15) is 0 Å². The Hall–Kier alpha value is -3.93. The third kappa shape index (κ3) is 2.91. The van der Waals surface area contributed by atoms with E-state index in [1.54, 1.807) is 18.6 Å². The molecule has 0 aliphatic carbocycles. The van der Waals surface area contributed by atoms with E-state index in [0.717, 1.165) is 50.4 Å². The van der Waals surface area contributed by atoms with E-state index in [2.05, 4.69) is 25.3 Å². The van der Waals surface area contributed by atoms with E-state index in [9.17, 15) is 0 Å². The number of aromatic nitrogens is 5. The van der Waals surface area contributed by atoms with Gasteiger partial charge in [-0.05, 0) is 49.4 Å². The van der Waals surface area contributed by atoms with Crippen LogP contribution < -0.4 is 5.32 Å². The average molecular weight is 364 g/mol. The first-order valence-electron chi connectivity index (χ1n) is 8.93. The van der Waals surface area contributed by atoms with Gasteiger partial charge in [0.2, 0.25) is 0 Å². The summed E-state index contributed by atoms with van der Waals surface area (Å²) in [5.74, 6) is 0.751. The summed E-state index contributed by atoms with van der Waals surface area (Å²) < 4.78 is 0. The molecule has 0 atom stereocenters. The number of nitrogens with zero attached hydrogens (tertiary/aromatic N) is 5. The van der Waals surface area contributed by atoms with Crippen molar-refractivity contribution in [3.05, 3.63) is 79.0 Å². The Kier molecular flexibility index (Phi) is 3.87. The van der Waals surface area contributed by atoms with Crippen molar-refractivity contribution in [3.8, 4) is 11.4 Å². The van der Waals surface area contributed by atoms with Crippen LogP contribution in [0.5, 0.6) is 0 Å². The standard InChI is InChI=1S/C22H16N6/c1-14-4-2-5-17(26-14)19-12-20(21-18(27-19)6-3-9-24-21)28-22-16-8-10-23-13-15(16)7-11-25-22/h2-13H,1H3,(H,25,27,28). The van der Waals surface area contributed by atoms with Crippen LogP contribution in [0, 0.1) is 6.92 Å². The molecule has 0 spiro atoms. The summed E-state index contributed by atoms with van der Waals surface area (Å²) >= 11 is 0. The second kappa shape index (κ2) is 6.66. The van der Waals surface area contributed by atoms with Gasteiger partial charge in [0.15, 0.2) is 0 Å². The van der Waals surface area contributed by atoms with E-state index in [-0.39, 0.29) is 0 Å². The van der Waals surface area contributed by atoms with E-state index in [1.165, 1.54) is 0 Å². The van der Waals surface area contributed by atoms with Crippen molar-refractivity contribution in [3.63, 3.8) is 0 Å². The highest BCUT2D eigenvalue weighted by atomic mass is 15.0. The summed E-state index contributed by atoms with van der Waals surface area (Å²) in [6.45, 7) is 1.97. The van der Waals surface area contributed by atoms with E-state index in [1.807, 2.05) is 61.7 Å². The summed E-state index contributed by atoms with van der Waals surface area (Å²) in [6, 6.07) is 15.6. The van der Waals surface area contributed by atoms with Gasteiger partial charge in [-0.15, -0.1) is 0 Å². The molecule has 1 N–H and O–H groups in total. The highest BCUT2D eigenvalue weighted by Gasteiger charge is 2.12. The number of rotatable bonds is 3. The van der Waals surface area contributed by atoms with Gasteiger partial charge >= 0.3 is 0 Å². The molecular weight excluding hydrogens is 348 g/mol. The maximum absolute atomic E-state index is 4.76. The molecule has 0 radical (unpaired) electrons. The van der Waals surface area contributed by atoms with Crippen molar-refractivity contribution in [1.82, 2.24) is 24.9 Å². The van der Waals surface area contributed by atoms with Crippen LogP contribution in [0.15, 0.2) is 73.3 Å². The summed E-state index contributed by atoms with van der Waals surface area (Å²) in [5, 5.41) is 5.46. The molecule has 0 saturated heterocycles. The van der Waals surface area contributed by atoms with Gasteiger partial charge < -0.3 is 5.32 Å². The fourth-order valence-corrected chi connectivity index (χ4v) is 3.22. The minimum atomic E-state index is 0.751. The van der Waals surface area contributed by atoms with Crippen molar-refractivity contribution in [2.24, 2.45) is 0 Å². The van der Waals surface area contributed by atoms with Crippen molar-refractivity contribution < 1.29 is 0 Å². The lowest BCUT2D eigenvalue weighted by atomic mass is 10.1. The molecular formula is C22H16N6. The summed E-state index contributed by atoms with van der Waals surface area (Å²) in [4.78, 5) is 22.6. The predicted molar refractivity (Wildman–Crippen MR) is 110 cm³/mol. The van der Waals surface area contributed by atoms with Crippen LogP contribution in [-0.4, -0.2) is 24.9 Å². The van der Waals surface area contributed by atoms with Crippen molar-refractivity contribution in [1.29, 1.82) is 0 Å². The minimum Gasteiger partial charge on any atom is -0.338 e. The topological polar surface area (TPSA) is 76.5 Å². The highest BCUT2D eigenvalue weighted by molar-refractivity contribution is 5.97. The number of fused-ring (bicyclic) bond motifs is 2. The van der Waals surface area contributed by atoms with Crippen molar-refractivity contribution in [2.45, 2.75) is 6.92 Å². The molecule has 6 heteroatoms. The van der Waals surface area contributed by atoms with Crippen LogP contribution >= 0.6 is 0 Å². The second-order valence-electron chi connectivity index (χ2n) is 6.47.